The lowest BCUT2D eigenvalue weighted by Crippen LogP contribution is -2.33. The minimum Gasteiger partial charge on any atom is -0.347 e. The molecule has 1 saturated heterocycles. The molecule has 1 amide bonds. The Kier molecular flexibility index (Phi) is 3.63. The number of nitrogens with one attached hydrogen (secondary N) is 1. The van der Waals surface area contributed by atoms with E-state index in [4.69, 9.17) is 0 Å². The molecule has 0 spiro atoms. The van der Waals surface area contributed by atoms with E-state index < -0.39 is 0 Å². The molecular weight excluding hydrogens is 336 g/mol. The molecule has 8 heteroatoms. The summed E-state index contributed by atoms with van der Waals surface area (Å²) in [5.41, 5.74) is 3.08. The van der Waals surface area contributed by atoms with Gasteiger partial charge in [-0.25, -0.2) is 4.98 Å². The standard InChI is InChI=1S/C17H22N6OS/c1-10-14(25-9-18-10)8-22-5-11-4-15-20-21-16(17(24)19-13-2-3-13)23(15)7-12(11)6-22/h9,11-13H,2-8H2,1H3,(H,19,24)/t11-,12-/m1/s1. The number of thiazole rings is 1. The monoisotopic (exact) mass is 358 g/mol. The molecule has 2 aromatic rings. The van der Waals surface area contributed by atoms with Crippen molar-refractivity contribution in [1.82, 2.24) is 30.0 Å². The maximum Gasteiger partial charge on any atom is 0.289 e. The summed E-state index contributed by atoms with van der Waals surface area (Å²) in [4.78, 5) is 20.6. The molecule has 25 heavy (non-hydrogen) atoms. The number of hydrogen-bond donors (Lipinski definition) is 1. The van der Waals surface area contributed by atoms with Gasteiger partial charge in [0.25, 0.3) is 5.91 Å². The van der Waals surface area contributed by atoms with E-state index in [1.807, 2.05) is 5.51 Å². The number of rotatable bonds is 4. The number of amides is 1. The predicted octanol–water partition coefficient (Wildman–Crippen LogP) is 1.24. The van der Waals surface area contributed by atoms with Gasteiger partial charge >= 0.3 is 0 Å². The first-order chi connectivity index (χ1) is 12.2. The summed E-state index contributed by atoms with van der Waals surface area (Å²) in [6.07, 6.45) is 3.10. The Balaban J connectivity index is 1.29. The van der Waals surface area contributed by atoms with Gasteiger partial charge in [-0.05, 0) is 31.6 Å². The number of carbonyl (C=O) groups is 1. The maximum absolute atomic E-state index is 12.4. The highest BCUT2D eigenvalue weighted by Gasteiger charge is 2.39. The van der Waals surface area contributed by atoms with Crippen LogP contribution in [0.1, 0.15) is 39.9 Å². The summed E-state index contributed by atoms with van der Waals surface area (Å²) in [6.45, 7) is 6.10. The number of hydrogen-bond acceptors (Lipinski definition) is 6. The van der Waals surface area contributed by atoms with Gasteiger partial charge in [-0.2, -0.15) is 0 Å². The van der Waals surface area contributed by atoms with Crippen LogP contribution in [0.25, 0.3) is 0 Å². The van der Waals surface area contributed by atoms with E-state index in [9.17, 15) is 4.79 Å². The van der Waals surface area contributed by atoms with E-state index in [0.29, 0.717) is 23.7 Å². The molecule has 3 aliphatic rings. The van der Waals surface area contributed by atoms with E-state index in [0.717, 1.165) is 57.0 Å². The van der Waals surface area contributed by atoms with Crippen molar-refractivity contribution in [2.24, 2.45) is 11.8 Å². The molecule has 4 heterocycles. The van der Waals surface area contributed by atoms with Crippen molar-refractivity contribution in [3.8, 4) is 0 Å². The van der Waals surface area contributed by atoms with Crippen molar-refractivity contribution in [2.75, 3.05) is 13.1 Å². The summed E-state index contributed by atoms with van der Waals surface area (Å²) in [5, 5.41) is 11.5. The second kappa shape index (κ2) is 5.88. The van der Waals surface area contributed by atoms with Gasteiger partial charge in [-0.3, -0.25) is 9.69 Å². The molecule has 132 valence electrons. The number of likely N-dealkylation sites (tertiary alicyclic amines) is 1. The first kappa shape index (κ1) is 15.5. The topological polar surface area (TPSA) is 75.9 Å². The van der Waals surface area contributed by atoms with E-state index in [1.54, 1.807) is 11.3 Å². The minimum absolute atomic E-state index is 0.0603. The molecule has 0 unspecified atom stereocenters. The minimum atomic E-state index is -0.0603. The molecule has 2 atom stereocenters. The Morgan fingerprint density at radius 2 is 2.12 bits per heavy atom. The van der Waals surface area contributed by atoms with Crippen molar-refractivity contribution in [2.45, 2.75) is 45.3 Å². The lowest BCUT2D eigenvalue weighted by Gasteiger charge is -2.25. The number of carbonyl (C=O) groups excluding carboxylic acids is 1. The summed E-state index contributed by atoms with van der Waals surface area (Å²) < 4.78 is 2.06. The predicted molar refractivity (Wildman–Crippen MR) is 93.3 cm³/mol. The molecule has 0 aromatic carbocycles. The lowest BCUT2D eigenvalue weighted by molar-refractivity contribution is 0.0932. The van der Waals surface area contributed by atoms with Crippen LogP contribution < -0.4 is 5.32 Å². The van der Waals surface area contributed by atoms with Crippen LogP contribution in [0.15, 0.2) is 5.51 Å². The third kappa shape index (κ3) is 2.87. The van der Waals surface area contributed by atoms with Gasteiger partial charge in [0.1, 0.15) is 5.82 Å². The van der Waals surface area contributed by atoms with Crippen LogP contribution in [0, 0.1) is 18.8 Å². The van der Waals surface area contributed by atoms with E-state index in [2.05, 4.69) is 36.9 Å². The summed E-state index contributed by atoms with van der Waals surface area (Å²) >= 11 is 1.74. The molecule has 0 radical (unpaired) electrons. The molecule has 7 nitrogen and oxygen atoms in total. The number of aryl methyl sites for hydroxylation is 1. The van der Waals surface area contributed by atoms with Crippen LogP contribution in [-0.2, 0) is 19.5 Å². The second-order valence-corrected chi connectivity index (χ2v) is 8.52. The molecule has 2 aromatic heterocycles. The zero-order chi connectivity index (χ0) is 17.0. The maximum atomic E-state index is 12.4. The lowest BCUT2D eigenvalue weighted by atomic mass is 9.89. The fourth-order valence-electron chi connectivity index (χ4n) is 4.08. The van der Waals surface area contributed by atoms with Gasteiger partial charge in [0.15, 0.2) is 0 Å². The SMILES string of the molecule is Cc1ncsc1CN1C[C@H]2Cc3nnc(C(=O)NC4CC4)n3C[C@H]2C1. The van der Waals surface area contributed by atoms with Crippen LogP contribution >= 0.6 is 11.3 Å². The first-order valence-corrected chi connectivity index (χ1v) is 9.89. The molecule has 0 bridgehead atoms. The Labute approximate surface area is 150 Å². The third-order valence-electron chi connectivity index (χ3n) is 5.67. The Bertz CT molecular complexity index is 810. The molecule has 5 rings (SSSR count). The normalized spacial score (nSPS) is 25.6. The first-order valence-electron chi connectivity index (χ1n) is 9.01. The van der Waals surface area contributed by atoms with E-state index in [-0.39, 0.29) is 5.91 Å². The van der Waals surface area contributed by atoms with Gasteiger partial charge < -0.3 is 9.88 Å². The molecule has 1 aliphatic carbocycles. The third-order valence-corrected chi connectivity index (χ3v) is 6.59. The summed E-state index contributed by atoms with van der Waals surface area (Å²) in [7, 11) is 0. The van der Waals surface area contributed by atoms with Gasteiger partial charge in [-0.15, -0.1) is 21.5 Å². The quantitative estimate of drug-likeness (QED) is 0.890. The molecular formula is C17H22N6OS. The average molecular weight is 358 g/mol. The summed E-state index contributed by atoms with van der Waals surface area (Å²) in [6, 6.07) is 0.349. The van der Waals surface area contributed by atoms with Gasteiger partial charge in [0.2, 0.25) is 5.82 Å². The van der Waals surface area contributed by atoms with Gasteiger partial charge in [0, 0.05) is 43.5 Å². The summed E-state index contributed by atoms with van der Waals surface area (Å²) in [5.74, 6) is 2.60. The van der Waals surface area contributed by atoms with Crippen molar-refractivity contribution in [3.63, 3.8) is 0 Å². The largest absolute Gasteiger partial charge is 0.347 e. The number of nitrogens with zero attached hydrogens (tertiary/aromatic N) is 5. The van der Waals surface area contributed by atoms with Crippen LogP contribution in [0.4, 0.5) is 0 Å². The van der Waals surface area contributed by atoms with Crippen molar-refractivity contribution < 1.29 is 4.79 Å². The Morgan fingerprint density at radius 1 is 1.28 bits per heavy atom. The van der Waals surface area contributed by atoms with Crippen LogP contribution in [0.5, 0.6) is 0 Å². The highest BCUT2D eigenvalue weighted by molar-refractivity contribution is 7.09. The number of aromatic nitrogens is 4. The molecule has 2 aliphatic heterocycles. The van der Waals surface area contributed by atoms with Crippen LogP contribution in [-0.4, -0.2) is 49.7 Å². The molecule has 1 saturated carbocycles. The molecule has 1 N–H and O–H groups in total. The highest BCUT2D eigenvalue weighted by Crippen LogP contribution is 2.34. The zero-order valence-electron chi connectivity index (χ0n) is 14.3. The van der Waals surface area contributed by atoms with Crippen molar-refractivity contribution in [3.05, 3.63) is 27.7 Å². The van der Waals surface area contributed by atoms with Gasteiger partial charge in [-0.1, -0.05) is 0 Å². The van der Waals surface area contributed by atoms with Crippen LogP contribution in [0.3, 0.4) is 0 Å². The smallest absolute Gasteiger partial charge is 0.289 e. The van der Waals surface area contributed by atoms with Gasteiger partial charge in [0.05, 0.1) is 11.2 Å². The number of fused-ring (bicyclic) bond motifs is 2. The molecule has 2 fully saturated rings. The zero-order valence-corrected chi connectivity index (χ0v) is 15.1. The Hall–Kier alpha value is -1.80. The Morgan fingerprint density at radius 3 is 2.88 bits per heavy atom. The van der Waals surface area contributed by atoms with E-state index >= 15 is 0 Å². The fourth-order valence-corrected chi connectivity index (χ4v) is 4.90. The fraction of sp³-hybridized carbons (Fsp3) is 0.647. The van der Waals surface area contributed by atoms with Crippen molar-refractivity contribution in [1.29, 1.82) is 0 Å². The average Bonchev–Trinajstić information content (AvgIpc) is 2.99. The van der Waals surface area contributed by atoms with E-state index in [1.165, 1.54) is 4.88 Å². The van der Waals surface area contributed by atoms with Crippen LogP contribution in [0.2, 0.25) is 0 Å². The second-order valence-electron chi connectivity index (χ2n) is 7.58. The van der Waals surface area contributed by atoms with Crippen molar-refractivity contribution >= 4 is 17.2 Å². The highest BCUT2D eigenvalue weighted by atomic mass is 32.1.